The van der Waals surface area contributed by atoms with E-state index in [1.165, 1.54) is 17.2 Å². The average molecular weight is 496 g/mol. The van der Waals surface area contributed by atoms with Crippen molar-refractivity contribution in [3.8, 4) is 16.9 Å². The molecule has 8 nitrogen and oxygen atoms in total. The van der Waals surface area contributed by atoms with Gasteiger partial charge in [-0.3, -0.25) is 14.5 Å². The van der Waals surface area contributed by atoms with Gasteiger partial charge in [0.15, 0.2) is 5.78 Å². The van der Waals surface area contributed by atoms with E-state index in [1.54, 1.807) is 7.11 Å². The molecule has 0 radical (unpaired) electrons. The summed E-state index contributed by atoms with van der Waals surface area (Å²) >= 11 is 0. The number of aryl methyl sites for hydroxylation is 1. The minimum absolute atomic E-state index is 0.162. The van der Waals surface area contributed by atoms with Crippen LogP contribution in [0.1, 0.15) is 50.3 Å². The van der Waals surface area contributed by atoms with Gasteiger partial charge in [-0.25, -0.2) is 13.2 Å². The van der Waals surface area contributed by atoms with Crippen molar-refractivity contribution in [3.05, 3.63) is 59.3 Å². The number of carbonyl (C=O) groups is 2. The molecule has 1 N–H and O–H groups in total. The van der Waals surface area contributed by atoms with Crippen molar-refractivity contribution in [2.75, 3.05) is 18.3 Å². The van der Waals surface area contributed by atoms with Gasteiger partial charge in [0.2, 0.25) is 15.9 Å². The number of ether oxygens (including phenoxy) is 1. The number of rotatable bonds is 5. The van der Waals surface area contributed by atoms with Crippen molar-refractivity contribution in [2.45, 2.75) is 45.4 Å². The molecule has 2 aliphatic rings. The monoisotopic (exact) mass is 495 g/mol. The topological polar surface area (TPSA) is 105 Å². The molecule has 0 spiro atoms. The highest BCUT2D eigenvalue weighted by molar-refractivity contribution is 7.88. The molecule has 0 bridgehead atoms. The number of anilines is 1. The number of hydrogen-bond donors (Lipinski definition) is 1. The lowest BCUT2D eigenvalue weighted by molar-refractivity contribution is -0.124. The van der Waals surface area contributed by atoms with Crippen LogP contribution in [-0.2, 0) is 31.4 Å². The van der Waals surface area contributed by atoms with Gasteiger partial charge in [0.05, 0.1) is 25.5 Å². The minimum Gasteiger partial charge on any atom is -0.496 e. The molecule has 0 unspecified atom stereocenters. The van der Waals surface area contributed by atoms with Gasteiger partial charge in [0.1, 0.15) is 5.75 Å². The number of amides is 1. The van der Waals surface area contributed by atoms with Gasteiger partial charge in [0, 0.05) is 28.6 Å². The van der Waals surface area contributed by atoms with Crippen LogP contribution in [0.5, 0.6) is 5.75 Å². The van der Waals surface area contributed by atoms with E-state index in [9.17, 15) is 18.0 Å². The van der Waals surface area contributed by atoms with Crippen LogP contribution in [-0.4, -0.2) is 39.2 Å². The van der Waals surface area contributed by atoms with Crippen LogP contribution < -0.4 is 14.5 Å². The van der Waals surface area contributed by atoms with Crippen LogP contribution in [0.2, 0.25) is 0 Å². The van der Waals surface area contributed by atoms with E-state index >= 15 is 0 Å². The van der Waals surface area contributed by atoms with E-state index in [0.717, 1.165) is 46.2 Å². The van der Waals surface area contributed by atoms with Gasteiger partial charge in [-0.1, -0.05) is 39.0 Å². The predicted octanol–water partition coefficient (Wildman–Crippen LogP) is 3.68. The zero-order chi connectivity index (χ0) is 25.5. The molecule has 35 heavy (non-hydrogen) atoms. The Labute approximate surface area is 205 Å². The molecule has 0 saturated carbocycles. The van der Waals surface area contributed by atoms with Crippen molar-refractivity contribution >= 4 is 33.1 Å². The summed E-state index contributed by atoms with van der Waals surface area (Å²) in [5.74, 6) is 0.232. The number of fused-ring (bicyclic) bond motifs is 1. The van der Waals surface area contributed by atoms with Crippen molar-refractivity contribution in [2.24, 2.45) is 5.10 Å². The lowest BCUT2D eigenvalue weighted by atomic mass is 9.83. The van der Waals surface area contributed by atoms with Gasteiger partial charge >= 0.3 is 0 Å². The van der Waals surface area contributed by atoms with E-state index in [4.69, 9.17) is 4.74 Å². The summed E-state index contributed by atoms with van der Waals surface area (Å²) in [6.07, 6.45) is 5.21. The number of benzene rings is 2. The lowest BCUT2D eigenvalue weighted by Gasteiger charge is -2.28. The van der Waals surface area contributed by atoms with Gasteiger partial charge < -0.3 is 4.74 Å². The molecule has 9 heteroatoms. The molecule has 0 fully saturated rings. The lowest BCUT2D eigenvalue weighted by Crippen LogP contribution is -2.31. The van der Waals surface area contributed by atoms with E-state index in [-0.39, 0.29) is 23.5 Å². The normalized spacial score (nSPS) is 17.2. The Morgan fingerprint density at radius 2 is 1.80 bits per heavy atom. The van der Waals surface area contributed by atoms with Crippen LogP contribution in [0, 0.1) is 0 Å². The third kappa shape index (κ3) is 5.14. The first-order valence-electron chi connectivity index (χ1n) is 11.3. The van der Waals surface area contributed by atoms with Gasteiger partial charge in [0.25, 0.3) is 0 Å². The third-order valence-electron chi connectivity index (χ3n) is 6.07. The summed E-state index contributed by atoms with van der Waals surface area (Å²) in [7, 11) is -1.80. The molecule has 1 amide bonds. The Hall–Kier alpha value is -3.46. The van der Waals surface area contributed by atoms with Crippen molar-refractivity contribution in [1.29, 1.82) is 0 Å². The highest BCUT2D eigenvalue weighted by Crippen LogP contribution is 2.43. The number of allylic oxidation sites excluding steroid dienone is 1. The van der Waals surface area contributed by atoms with Crippen LogP contribution in [0.25, 0.3) is 11.1 Å². The summed E-state index contributed by atoms with van der Waals surface area (Å²) in [5.41, 5.74) is 5.73. The molecule has 0 aromatic heterocycles. The van der Waals surface area contributed by atoms with E-state index in [0.29, 0.717) is 17.8 Å². The number of methoxy groups -OCH3 is 1. The van der Waals surface area contributed by atoms with E-state index < -0.39 is 10.0 Å². The number of ketones is 1. The molecular weight excluding hydrogens is 466 g/mol. The molecule has 184 valence electrons. The zero-order valence-corrected chi connectivity index (χ0v) is 21.3. The first kappa shape index (κ1) is 24.7. The maximum absolute atomic E-state index is 12.7. The Morgan fingerprint density at radius 3 is 2.43 bits per heavy atom. The first-order valence-corrected chi connectivity index (χ1v) is 13.2. The standard InChI is InChI=1S/C26H29N3O5S/c1-26(2,3)22-14-18(29-11-10-19(30)15-24(29)31)13-21(25(22)34-4)17-6-8-20-16(12-17)7-9-23(20)27-28-35(5,32)33/h6,8,10-14,28H,7,9,15H2,1-5H3/b27-23-. The number of hydrogen-bond acceptors (Lipinski definition) is 6. The molecule has 1 aliphatic heterocycles. The highest BCUT2D eigenvalue weighted by Gasteiger charge is 2.28. The number of carbonyl (C=O) groups excluding carboxylic acids is 2. The largest absolute Gasteiger partial charge is 0.496 e. The quantitative estimate of drug-likeness (QED) is 0.503. The van der Waals surface area contributed by atoms with Crippen LogP contribution in [0.3, 0.4) is 0 Å². The zero-order valence-electron chi connectivity index (χ0n) is 20.5. The summed E-state index contributed by atoms with van der Waals surface area (Å²) in [6.45, 7) is 6.24. The summed E-state index contributed by atoms with van der Waals surface area (Å²) in [4.78, 5) is 28.1. The Bertz CT molecular complexity index is 1380. The molecule has 1 heterocycles. The number of hydrazone groups is 1. The van der Waals surface area contributed by atoms with Gasteiger partial charge in [-0.15, -0.1) is 0 Å². The van der Waals surface area contributed by atoms with E-state index in [1.807, 2.05) is 24.3 Å². The van der Waals surface area contributed by atoms with Crippen molar-refractivity contribution < 1.29 is 22.7 Å². The fraction of sp³-hybridized carbons (Fsp3) is 0.346. The predicted molar refractivity (Wildman–Crippen MR) is 136 cm³/mol. The highest BCUT2D eigenvalue weighted by atomic mass is 32.2. The molecule has 2 aromatic carbocycles. The van der Waals surface area contributed by atoms with E-state index in [2.05, 4.69) is 36.8 Å². The second-order valence-electron chi connectivity index (χ2n) is 9.84. The van der Waals surface area contributed by atoms with Crippen molar-refractivity contribution in [1.82, 2.24) is 4.83 Å². The molecule has 0 atom stereocenters. The second-order valence-corrected chi connectivity index (χ2v) is 11.6. The molecule has 0 saturated heterocycles. The number of nitrogens with one attached hydrogen (secondary N) is 1. The molecule has 1 aliphatic carbocycles. The summed E-state index contributed by atoms with van der Waals surface area (Å²) in [6, 6.07) is 9.79. The first-order chi connectivity index (χ1) is 16.4. The Morgan fingerprint density at radius 1 is 1.06 bits per heavy atom. The number of sulfonamides is 1. The molecule has 4 rings (SSSR count). The fourth-order valence-corrected chi connectivity index (χ4v) is 4.68. The van der Waals surface area contributed by atoms with Crippen LogP contribution in [0.4, 0.5) is 5.69 Å². The Kier molecular flexibility index (Phi) is 6.31. The Balaban J connectivity index is 1.85. The van der Waals surface area contributed by atoms with Gasteiger partial charge in [-0.2, -0.15) is 5.10 Å². The average Bonchev–Trinajstić information content (AvgIpc) is 3.18. The SMILES string of the molecule is COc1c(-c2ccc3c(c2)CC/C3=N/NS(C)(=O)=O)cc(N2C=CC(=O)CC2=O)cc1C(C)(C)C. The third-order valence-corrected chi connectivity index (χ3v) is 6.50. The minimum atomic E-state index is -3.43. The maximum atomic E-state index is 12.7. The summed E-state index contributed by atoms with van der Waals surface area (Å²) < 4.78 is 28.8. The fourth-order valence-electron chi connectivity index (χ4n) is 4.40. The summed E-state index contributed by atoms with van der Waals surface area (Å²) in [5, 5.41) is 4.08. The van der Waals surface area contributed by atoms with Crippen LogP contribution in [0.15, 0.2) is 47.7 Å². The smallest absolute Gasteiger partial charge is 0.244 e. The second kappa shape index (κ2) is 8.96. The van der Waals surface area contributed by atoms with Crippen molar-refractivity contribution in [3.63, 3.8) is 0 Å². The molecular formula is C26H29N3O5S. The maximum Gasteiger partial charge on any atom is 0.244 e. The number of nitrogens with zero attached hydrogens (tertiary/aromatic N) is 2. The molecule has 2 aromatic rings. The van der Waals surface area contributed by atoms with Crippen LogP contribution >= 0.6 is 0 Å². The van der Waals surface area contributed by atoms with Gasteiger partial charge in [-0.05, 0) is 47.6 Å².